The van der Waals surface area contributed by atoms with Gasteiger partial charge in [0.2, 0.25) is 0 Å². The van der Waals surface area contributed by atoms with Gasteiger partial charge in [-0.1, -0.05) is 97.6 Å². The van der Waals surface area contributed by atoms with Gasteiger partial charge in [-0.25, -0.2) is 19.2 Å². The van der Waals surface area contributed by atoms with Crippen molar-refractivity contribution in [3.8, 4) is 0 Å². The molecule has 34 heavy (non-hydrogen) atoms. The number of aromatic amines is 3. The van der Waals surface area contributed by atoms with E-state index < -0.39 is 28.6 Å². The van der Waals surface area contributed by atoms with Crippen molar-refractivity contribution in [2.24, 2.45) is 0 Å². The van der Waals surface area contributed by atoms with Crippen LogP contribution in [0.2, 0.25) is 0 Å². The number of aromatic nitrogens is 3. The predicted molar refractivity (Wildman–Crippen MR) is 128 cm³/mol. The van der Waals surface area contributed by atoms with Crippen LogP contribution < -0.4 is 17.1 Å². The molecule has 4 rings (SSSR count). The lowest BCUT2D eigenvalue weighted by molar-refractivity contribution is -0.148. The van der Waals surface area contributed by atoms with Gasteiger partial charge < -0.3 is 4.74 Å². The molecular formula is C26H23N3O5. The highest BCUT2D eigenvalue weighted by atomic mass is 16.6. The highest BCUT2D eigenvalue weighted by molar-refractivity contribution is 5.88. The summed E-state index contributed by atoms with van der Waals surface area (Å²) in [7, 11) is 0. The average molecular weight is 457 g/mol. The maximum Gasteiger partial charge on any atom is 0.334 e. The summed E-state index contributed by atoms with van der Waals surface area (Å²) >= 11 is 0. The van der Waals surface area contributed by atoms with Crippen LogP contribution in [0.3, 0.4) is 0 Å². The Morgan fingerprint density at radius 2 is 0.941 bits per heavy atom. The number of hydrogen-bond acceptors (Lipinski definition) is 5. The third-order valence-electron chi connectivity index (χ3n) is 4.82. The first-order valence-corrected chi connectivity index (χ1v) is 10.3. The Balaban J connectivity index is 0.000000302. The fourth-order valence-electron chi connectivity index (χ4n) is 3.32. The van der Waals surface area contributed by atoms with E-state index in [2.05, 4.69) is 6.58 Å². The highest BCUT2D eigenvalue weighted by Gasteiger charge is 2.40. The minimum Gasteiger partial charge on any atom is -0.441 e. The van der Waals surface area contributed by atoms with E-state index in [1.54, 1.807) is 21.9 Å². The molecule has 0 unspecified atom stereocenters. The molecular weight excluding hydrogens is 434 g/mol. The molecule has 0 fully saturated rings. The van der Waals surface area contributed by atoms with Gasteiger partial charge in [0, 0.05) is 22.3 Å². The third kappa shape index (κ3) is 5.55. The lowest BCUT2D eigenvalue weighted by Gasteiger charge is -2.35. The molecule has 172 valence electrons. The lowest BCUT2D eigenvalue weighted by Crippen LogP contribution is -2.35. The smallest absolute Gasteiger partial charge is 0.334 e. The Morgan fingerprint density at radius 3 is 1.21 bits per heavy atom. The van der Waals surface area contributed by atoms with E-state index in [1.165, 1.54) is 0 Å². The molecule has 0 radical (unpaired) electrons. The van der Waals surface area contributed by atoms with Crippen molar-refractivity contribution in [1.82, 2.24) is 15.0 Å². The minimum atomic E-state index is -1.03. The average Bonchev–Trinajstić information content (AvgIpc) is 2.83. The number of H-pyrrole nitrogens is 3. The van der Waals surface area contributed by atoms with Gasteiger partial charge in [0.1, 0.15) is 0 Å². The summed E-state index contributed by atoms with van der Waals surface area (Å²) in [5, 5.41) is 0. The molecule has 3 N–H and O–H groups in total. The summed E-state index contributed by atoms with van der Waals surface area (Å²) in [6.07, 6.45) is 0. The lowest BCUT2D eigenvalue weighted by atomic mass is 9.80. The quantitative estimate of drug-likeness (QED) is 0.241. The number of hydrogen-bond donors (Lipinski definition) is 3. The first-order valence-electron chi connectivity index (χ1n) is 10.3. The van der Waals surface area contributed by atoms with E-state index in [-0.39, 0.29) is 0 Å². The minimum absolute atomic E-state index is 0.368. The molecule has 4 aromatic rings. The van der Waals surface area contributed by atoms with Crippen molar-refractivity contribution in [2.45, 2.75) is 12.5 Å². The zero-order chi connectivity index (χ0) is 24.6. The maximum atomic E-state index is 12.6. The Hall–Kier alpha value is -4.72. The van der Waals surface area contributed by atoms with Crippen molar-refractivity contribution in [2.75, 3.05) is 0 Å². The van der Waals surface area contributed by atoms with Gasteiger partial charge in [0.05, 0.1) is 0 Å². The summed E-state index contributed by atoms with van der Waals surface area (Å²) in [5.74, 6) is -0.420. The van der Waals surface area contributed by atoms with Crippen molar-refractivity contribution in [3.05, 3.63) is 151 Å². The maximum absolute atomic E-state index is 12.6. The summed E-state index contributed by atoms with van der Waals surface area (Å²) < 4.78 is 6.12. The first-order chi connectivity index (χ1) is 16.3. The van der Waals surface area contributed by atoms with Crippen LogP contribution in [0.4, 0.5) is 0 Å². The van der Waals surface area contributed by atoms with E-state index in [0.717, 1.165) is 16.7 Å². The largest absolute Gasteiger partial charge is 0.441 e. The van der Waals surface area contributed by atoms with Gasteiger partial charge in [0.15, 0.2) is 5.60 Å². The van der Waals surface area contributed by atoms with Crippen LogP contribution >= 0.6 is 0 Å². The molecule has 8 nitrogen and oxygen atoms in total. The second-order valence-electron chi connectivity index (χ2n) is 7.31. The second-order valence-corrected chi connectivity index (χ2v) is 7.31. The standard InChI is InChI=1S/C23H20O2.C3H3N3O3/c1-18(2)22(24)25-23(19-12-6-3-7-13-19,20-14-8-4-9-15-20)21-16-10-5-11-17-21;7-1-4-2(8)6-3(9)5-1/h3-17H,1H2,2H3;(H3,4,5,6,7,8,9). The number of esters is 1. The number of benzene rings is 3. The van der Waals surface area contributed by atoms with Gasteiger partial charge in [0.25, 0.3) is 0 Å². The van der Waals surface area contributed by atoms with Crippen molar-refractivity contribution in [3.63, 3.8) is 0 Å². The van der Waals surface area contributed by atoms with Crippen LogP contribution in [0.1, 0.15) is 23.6 Å². The normalized spacial score (nSPS) is 10.5. The Morgan fingerprint density at radius 1 is 0.647 bits per heavy atom. The third-order valence-corrected chi connectivity index (χ3v) is 4.82. The molecule has 0 saturated carbocycles. The highest BCUT2D eigenvalue weighted by Crippen LogP contribution is 2.40. The van der Waals surface area contributed by atoms with Crippen LogP contribution in [-0.2, 0) is 15.1 Å². The van der Waals surface area contributed by atoms with Gasteiger partial charge in [-0.3, -0.25) is 15.0 Å². The molecule has 0 aliphatic carbocycles. The molecule has 0 amide bonds. The molecule has 0 aliphatic heterocycles. The van der Waals surface area contributed by atoms with E-state index in [1.807, 2.05) is 91.0 Å². The zero-order valence-electron chi connectivity index (χ0n) is 18.4. The number of nitrogens with one attached hydrogen (secondary N) is 3. The Kier molecular flexibility index (Phi) is 7.56. The van der Waals surface area contributed by atoms with Crippen molar-refractivity contribution >= 4 is 5.97 Å². The predicted octanol–water partition coefficient (Wildman–Crippen LogP) is 2.85. The molecule has 3 aromatic carbocycles. The molecule has 0 saturated heterocycles. The Bertz CT molecular complexity index is 1250. The van der Waals surface area contributed by atoms with Gasteiger partial charge in [-0.05, 0) is 6.92 Å². The molecule has 0 aliphatic rings. The molecule has 0 spiro atoms. The second kappa shape index (κ2) is 10.7. The summed E-state index contributed by atoms with van der Waals surface area (Å²) in [6.45, 7) is 5.41. The van der Waals surface area contributed by atoms with Crippen LogP contribution in [0.15, 0.2) is 118 Å². The molecule has 1 aromatic heterocycles. The van der Waals surface area contributed by atoms with E-state index in [0.29, 0.717) is 5.57 Å². The van der Waals surface area contributed by atoms with Gasteiger partial charge in [-0.15, -0.1) is 0 Å². The van der Waals surface area contributed by atoms with E-state index in [4.69, 9.17) is 4.74 Å². The summed E-state index contributed by atoms with van der Waals surface area (Å²) in [5.41, 5.74) is -0.394. The molecule has 0 atom stereocenters. The van der Waals surface area contributed by atoms with Crippen LogP contribution in [0.5, 0.6) is 0 Å². The van der Waals surface area contributed by atoms with Crippen LogP contribution in [0.25, 0.3) is 0 Å². The fourth-order valence-corrected chi connectivity index (χ4v) is 3.32. The van der Waals surface area contributed by atoms with E-state index >= 15 is 0 Å². The number of carbonyl (C=O) groups is 1. The number of rotatable bonds is 5. The molecule has 8 heteroatoms. The summed E-state index contributed by atoms with van der Waals surface area (Å²) in [6, 6.07) is 29.4. The molecule has 0 bridgehead atoms. The zero-order valence-corrected chi connectivity index (χ0v) is 18.4. The summed E-state index contributed by atoms with van der Waals surface area (Å²) in [4.78, 5) is 48.5. The topological polar surface area (TPSA) is 125 Å². The molecule has 1 heterocycles. The monoisotopic (exact) mass is 457 g/mol. The first kappa shape index (κ1) is 23.9. The number of carbonyl (C=O) groups excluding carboxylic acids is 1. The van der Waals surface area contributed by atoms with Crippen LogP contribution in [-0.4, -0.2) is 20.9 Å². The van der Waals surface area contributed by atoms with Crippen LogP contribution in [0, 0.1) is 0 Å². The number of ether oxygens (including phenoxy) is 1. The van der Waals surface area contributed by atoms with Gasteiger partial charge in [-0.2, -0.15) is 0 Å². The Labute approximate surface area is 194 Å². The van der Waals surface area contributed by atoms with Gasteiger partial charge >= 0.3 is 23.0 Å². The van der Waals surface area contributed by atoms with Crippen molar-refractivity contribution in [1.29, 1.82) is 0 Å². The van der Waals surface area contributed by atoms with E-state index in [9.17, 15) is 19.2 Å². The van der Waals surface area contributed by atoms with Crippen molar-refractivity contribution < 1.29 is 9.53 Å². The fraction of sp³-hybridized carbons (Fsp3) is 0.0769. The SMILES string of the molecule is C=C(C)C(=O)OC(c1ccccc1)(c1ccccc1)c1ccccc1.O=c1[nH]c(=O)[nH]c(=O)[nH]1.